The number of nitrogens with zero attached hydrogens (tertiary/aromatic N) is 2. The van der Waals surface area contributed by atoms with E-state index >= 15 is 0 Å². The Kier molecular flexibility index (Phi) is 6.57. The van der Waals surface area contributed by atoms with Crippen molar-refractivity contribution in [1.82, 2.24) is 5.32 Å². The van der Waals surface area contributed by atoms with Crippen LogP contribution in [0.1, 0.15) is 50.7 Å². The Morgan fingerprint density at radius 2 is 2.00 bits per heavy atom. The SMILES string of the molecule is CCCCNC/C(C#N)=C1\C(=O)N(CCCC)c2ccc(C)cc21. The molecule has 1 aromatic rings. The second-order valence-electron chi connectivity index (χ2n) is 6.33. The van der Waals surface area contributed by atoms with Crippen molar-refractivity contribution in [2.45, 2.75) is 46.5 Å². The van der Waals surface area contributed by atoms with Gasteiger partial charge in [0.2, 0.25) is 0 Å². The number of fused-ring (bicyclic) bond motifs is 1. The molecule has 24 heavy (non-hydrogen) atoms. The van der Waals surface area contributed by atoms with Crippen molar-refractivity contribution in [2.75, 3.05) is 24.5 Å². The number of anilines is 1. The van der Waals surface area contributed by atoms with E-state index in [0.29, 0.717) is 24.2 Å². The quantitative estimate of drug-likeness (QED) is 0.449. The zero-order chi connectivity index (χ0) is 17.5. The van der Waals surface area contributed by atoms with Crippen LogP contribution in [0.2, 0.25) is 0 Å². The minimum Gasteiger partial charge on any atom is -0.312 e. The summed E-state index contributed by atoms with van der Waals surface area (Å²) >= 11 is 0. The molecule has 1 amide bonds. The van der Waals surface area contributed by atoms with Gasteiger partial charge in [-0.15, -0.1) is 0 Å². The molecule has 0 aromatic heterocycles. The number of hydrogen-bond acceptors (Lipinski definition) is 3. The van der Waals surface area contributed by atoms with Gasteiger partial charge in [0.15, 0.2) is 0 Å². The van der Waals surface area contributed by atoms with E-state index in [-0.39, 0.29) is 5.91 Å². The number of aryl methyl sites for hydroxylation is 1. The summed E-state index contributed by atoms with van der Waals surface area (Å²) in [5.74, 6) is -0.0297. The molecule has 0 bridgehead atoms. The molecule has 1 aliphatic heterocycles. The smallest absolute Gasteiger partial charge is 0.260 e. The molecule has 0 saturated heterocycles. The van der Waals surface area contributed by atoms with Crippen molar-refractivity contribution in [2.24, 2.45) is 0 Å². The number of nitriles is 1. The van der Waals surface area contributed by atoms with E-state index in [9.17, 15) is 10.1 Å². The lowest BCUT2D eigenvalue weighted by Gasteiger charge is -2.16. The van der Waals surface area contributed by atoms with Crippen LogP contribution in [0.25, 0.3) is 5.57 Å². The molecule has 1 heterocycles. The summed E-state index contributed by atoms with van der Waals surface area (Å²) in [6.45, 7) is 8.29. The molecule has 0 saturated carbocycles. The van der Waals surface area contributed by atoms with E-state index in [1.807, 2.05) is 30.0 Å². The van der Waals surface area contributed by atoms with Gasteiger partial charge in [-0.1, -0.05) is 38.3 Å². The minimum absolute atomic E-state index is 0.0297. The lowest BCUT2D eigenvalue weighted by molar-refractivity contribution is -0.113. The summed E-state index contributed by atoms with van der Waals surface area (Å²) < 4.78 is 0. The van der Waals surface area contributed by atoms with Crippen LogP contribution in [-0.2, 0) is 4.79 Å². The number of nitrogens with one attached hydrogen (secondary N) is 1. The van der Waals surface area contributed by atoms with Crippen molar-refractivity contribution < 1.29 is 4.79 Å². The van der Waals surface area contributed by atoms with Crippen molar-refractivity contribution in [3.05, 3.63) is 34.9 Å². The number of benzene rings is 1. The fourth-order valence-electron chi connectivity index (χ4n) is 2.97. The highest BCUT2D eigenvalue weighted by atomic mass is 16.2. The van der Waals surface area contributed by atoms with Gasteiger partial charge in [0.1, 0.15) is 0 Å². The van der Waals surface area contributed by atoms with Gasteiger partial charge in [0, 0.05) is 18.7 Å². The number of hydrogen-bond donors (Lipinski definition) is 1. The van der Waals surface area contributed by atoms with Crippen LogP contribution in [0.3, 0.4) is 0 Å². The fraction of sp³-hybridized carbons (Fsp3) is 0.500. The molecule has 1 N–H and O–H groups in total. The number of rotatable bonds is 8. The minimum atomic E-state index is -0.0297. The Morgan fingerprint density at radius 1 is 1.25 bits per heavy atom. The highest BCUT2D eigenvalue weighted by Crippen LogP contribution is 2.39. The van der Waals surface area contributed by atoms with Crippen LogP contribution in [0.4, 0.5) is 5.69 Å². The summed E-state index contributed by atoms with van der Waals surface area (Å²) in [5.41, 5.74) is 4.08. The van der Waals surface area contributed by atoms with Gasteiger partial charge >= 0.3 is 0 Å². The van der Waals surface area contributed by atoms with Gasteiger partial charge in [-0.2, -0.15) is 5.26 Å². The predicted octanol–water partition coefficient (Wildman–Crippen LogP) is 3.81. The Bertz CT molecular complexity index is 670. The van der Waals surface area contributed by atoms with E-state index in [1.54, 1.807) is 0 Å². The lowest BCUT2D eigenvalue weighted by atomic mass is 10.00. The molecule has 0 atom stereocenters. The van der Waals surface area contributed by atoms with E-state index < -0.39 is 0 Å². The van der Waals surface area contributed by atoms with Gasteiger partial charge in [-0.05, 0) is 38.4 Å². The molecule has 128 valence electrons. The molecule has 4 heteroatoms. The molecule has 0 fully saturated rings. The second kappa shape index (κ2) is 8.65. The zero-order valence-corrected chi connectivity index (χ0v) is 15.0. The predicted molar refractivity (Wildman–Crippen MR) is 98.8 cm³/mol. The molecule has 1 aromatic carbocycles. The first-order valence-electron chi connectivity index (χ1n) is 8.90. The highest BCUT2D eigenvalue weighted by molar-refractivity contribution is 6.33. The average molecular weight is 325 g/mol. The summed E-state index contributed by atoms with van der Waals surface area (Å²) in [6.07, 6.45) is 4.17. The van der Waals surface area contributed by atoms with Gasteiger partial charge < -0.3 is 10.2 Å². The number of amides is 1. The third kappa shape index (κ3) is 3.85. The Morgan fingerprint density at radius 3 is 2.67 bits per heavy atom. The first-order valence-corrected chi connectivity index (χ1v) is 8.90. The van der Waals surface area contributed by atoms with Crippen molar-refractivity contribution >= 4 is 17.2 Å². The summed E-state index contributed by atoms with van der Waals surface area (Å²) in [7, 11) is 0. The van der Waals surface area contributed by atoms with E-state index in [4.69, 9.17) is 0 Å². The lowest BCUT2D eigenvalue weighted by Crippen LogP contribution is -2.28. The van der Waals surface area contributed by atoms with Crippen molar-refractivity contribution in [1.29, 1.82) is 5.26 Å². The molecular formula is C20H27N3O. The molecule has 0 radical (unpaired) electrons. The topological polar surface area (TPSA) is 56.1 Å². The Hall–Kier alpha value is -2.12. The van der Waals surface area contributed by atoms with E-state index in [2.05, 4.69) is 25.2 Å². The molecule has 0 aliphatic carbocycles. The monoisotopic (exact) mass is 325 g/mol. The van der Waals surface area contributed by atoms with E-state index in [0.717, 1.165) is 49.0 Å². The summed E-state index contributed by atoms with van der Waals surface area (Å²) in [6, 6.07) is 8.32. The maximum absolute atomic E-state index is 13.0. The molecule has 1 aliphatic rings. The normalized spacial score (nSPS) is 15.4. The van der Waals surface area contributed by atoms with Crippen molar-refractivity contribution in [3.63, 3.8) is 0 Å². The van der Waals surface area contributed by atoms with Gasteiger partial charge in [0.05, 0.1) is 22.9 Å². The summed E-state index contributed by atoms with van der Waals surface area (Å²) in [5, 5.41) is 12.9. The molecule has 4 nitrogen and oxygen atoms in total. The van der Waals surface area contributed by atoms with Crippen LogP contribution < -0.4 is 10.2 Å². The van der Waals surface area contributed by atoms with Gasteiger partial charge in [-0.25, -0.2) is 0 Å². The van der Waals surface area contributed by atoms with Crippen LogP contribution in [0, 0.1) is 18.3 Å². The average Bonchev–Trinajstić information content (AvgIpc) is 2.84. The van der Waals surface area contributed by atoms with E-state index in [1.165, 1.54) is 0 Å². The maximum atomic E-state index is 13.0. The third-order valence-corrected chi connectivity index (χ3v) is 4.35. The number of carbonyl (C=O) groups excluding carboxylic acids is 1. The zero-order valence-electron chi connectivity index (χ0n) is 15.0. The highest BCUT2D eigenvalue weighted by Gasteiger charge is 2.34. The third-order valence-electron chi connectivity index (χ3n) is 4.35. The van der Waals surface area contributed by atoms with Crippen molar-refractivity contribution in [3.8, 4) is 6.07 Å². The van der Waals surface area contributed by atoms with Crippen LogP contribution in [-0.4, -0.2) is 25.5 Å². The molecule has 0 unspecified atom stereocenters. The van der Waals surface area contributed by atoms with Crippen LogP contribution >= 0.6 is 0 Å². The number of carbonyl (C=O) groups is 1. The summed E-state index contributed by atoms with van der Waals surface area (Å²) in [4.78, 5) is 14.8. The first-order chi connectivity index (χ1) is 11.6. The molecular weight excluding hydrogens is 298 g/mol. The van der Waals surface area contributed by atoms with Crippen LogP contribution in [0.5, 0.6) is 0 Å². The van der Waals surface area contributed by atoms with Crippen LogP contribution in [0.15, 0.2) is 23.8 Å². The molecule has 2 rings (SSSR count). The molecule has 0 spiro atoms. The Balaban J connectivity index is 2.38. The first kappa shape index (κ1) is 18.2. The maximum Gasteiger partial charge on any atom is 0.260 e. The fourth-order valence-corrected chi connectivity index (χ4v) is 2.97. The standard InChI is InChI=1S/C20H27N3O/c1-4-6-10-22-14-16(13-21)19-17-12-15(3)8-9-18(17)23(20(19)24)11-7-5-2/h8-9,12,22H,4-7,10-11,14H2,1-3H3/b19-16-. The Labute approximate surface area is 145 Å². The van der Waals surface area contributed by atoms with Gasteiger partial charge in [0.25, 0.3) is 5.91 Å². The largest absolute Gasteiger partial charge is 0.312 e. The second-order valence-corrected chi connectivity index (χ2v) is 6.33. The number of unbranched alkanes of at least 4 members (excludes halogenated alkanes) is 2. The van der Waals surface area contributed by atoms with Gasteiger partial charge in [-0.3, -0.25) is 4.79 Å².